The molecule has 0 spiro atoms. The molecule has 0 radical (unpaired) electrons. The molecule has 178 valence electrons. The van der Waals surface area contributed by atoms with Gasteiger partial charge >= 0.3 is 0 Å². The van der Waals surface area contributed by atoms with Gasteiger partial charge < -0.3 is 14.8 Å². The second-order valence-electron chi connectivity index (χ2n) is 8.89. The molecule has 1 aliphatic rings. The maximum Gasteiger partial charge on any atom is 0.251 e. The van der Waals surface area contributed by atoms with E-state index in [2.05, 4.69) is 5.32 Å². The highest BCUT2D eigenvalue weighted by Gasteiger charge is 2.18. The van der Waals surface area contributed by atoms with Crippen molar-refractivity contribution in [2.24, 2.45) is 0 Å². The number of rotatable bonds is 6. The van der Waals surface area contributed by atoms with Gasteiger partial charge in [-0.3, -0.25) is 4.79 Å². The number of methoxy groups -OCH3 is 2. The molecule has 1 aromatic heterocycles. The predicted octanol–water partition coefficient (Wildman–Crippen LogP) is 6.04. The van der Waals surface area contributed by atoms with Crippen molar-refractivity contribution in [2.45, 2.75) is 38.1 Å². The van der Waals surface area contributed by atoms with Crippen molar-refractivity contribution in [1.29, 1.82) is 0 Å². The number of benzene rings is 3. The second-order valence-corrected chi connectivity index (χ2v) is 8.89. The number of carbonyl (C=O) groups is 1. The molecule has 6 nitrogen and oxygen atoms in total. The van der Waals surface area contributed by atoms with Crippen molar-refractivity contribution in [3.8, 4) is 34.0 Å². The molecule has 3 aromatic carbocycles. The molecule has 5 rings (SSSR count). The Hall–Kier alpha value is -3.93. The van der Waals surface area contributed by atoms with Crippen LogP contribution in [0, 0.1) is 0 Å². The third-order valence-corrected chi connectivity index (χ3v) is 6.59. The molecule has 1 aliphatic carbocycles. The Morgan fingerprint density at radius 3 is 1.83 bits per heavy atom. The summed E-state index contributed by atoms with van der Waals surface area (Å²) in [7, 11) is 3.29. The molecule has 0 atom stereocenters. The summed E-state index contributed by atoms with van der Waals surface area (Å²) >= 11 is 0. The Morgan fingerprint density at radius 2 is 1.29 bits per heavy atom. The van der Waals surface area contributed by atoms with Crippen LogP contribution >= 0.6 is 0 Å². The van der Waals surface area contributed by atoms with Crippen LogP contribution in [0.3, 0.4) is 0 Å². The quantitative estimate of drug-likeness (QED) is 0.374. The Balaban J connectivity index is 1.56. The number of carbonyl (C=O) groups excluding carboxylic acids is 1. The van der Waals surface area contributed by atoms with Gasteiger partial charge in [0.25, 0.3) is 5.91 Å². The van der Waals surface area contributed by atoms with Crippen LogP contribution < -0.4 is 14.8 Å². The molecule has 0 aliphatic heterocycles. The van der Waals surface area contributed by atoms with Crippen molar-refractivity contribution >= 4 is 16.9 Å². The first-order chi connectivity index (χ1) is 17.1. The molecule has 1 fully saturated rings. The van der Waals surface area contributed by atoms with Gasteiger partial charge in [-0.25, -0.2) is 9.97 Å². The molecule has 0 bridgehead atoms. The predicted molar refractivity (Wildman–Crippen MR) is 138 cm³/mol. The van der Waals surface area contributed by atoms with Crippen LogP contribution in [-0.4, -0.2) is 36.1 Å². The number of ether oxygens (including phenoxy) is 2. The van der Waals surface area contributed by atoms with Crippen LogP contribution in [-0.2, 0) is 0 Å². The number of hydrogen-bond acceptors (Lipinski definition) is 5. The third-order valence-electron chi connectivity index (χ3n) is 6.59. The minimum absolute atomic E-state index is 0.0502. The van der Waals surface area contributed by atoms with Crippen molar-refractivity contribution in [3.63, 3.8) is 0 Å². The van der Waals surface area contributed by atoms with E-state index in [1.165, 1.54) is 19.3 Å². The lowest BCUT2D eigenvalue weighted by Crippen LogP contribution is -2.36. The van der Waals surface area contributed by atoms with E-state index in [9.17, 15) is 4.79 Å². The van der Waals surface area contributed by atoms with Crippen LogP contribution in [0.2, 0.25) is 0 Å². The fourth-order valence-electron chi connectivity index (χ4n) is 4.61. The summed E-state index contributed by atoms with van der Waals surface area (Å²) in [4.78, 5) is 22.9. The van der Waals surface area contributed by atoms with Crippen molar-refractivity contribution in [3.05, 3.63) is 72.3 Å². The molecule has 0 unspecified atom stereocenters. The van der Waals surface area contributed by atoms with Gasteiger partial charge in [0.05, 0.1) is 36.6 Å². The van der Waals surface area contributed by atoms with E-state index in [1.807, 2.05) is 66.7 Å². The number of aromatic nitrogens is 2. The molecule has 1 heterocycles. The fraction of sp³-hybridized carbons (Fsp3) is 0.276. The largest absolute Gasteiger partial charge is 0.497 e. The molecular formula is C29H29N3O3. The lowest BCUT2D eigenvalue weighted by Gasteiger charge is -2.22. The summed E-state index contributed by atoms with van der Waals surface area (Å²) in [5, 5.41) is 3.19. The first-order valence-electron chi connectivity index (χ1n) is 12.1. The highest BCUT2D eigenvalue weighted by Crippen LogP contribution is 2.33. The maximum absolute atomic E-state index is 12.9. The Kier molecular flexibility index (Phi) is 6.62. The molecule has 35 heavy (non-hydrogen) atoms. The smallest absolute Gasteiger partial charge is 0.251 e. The molecule has 1 amide bonds. The maximum atomic E-state index is 12.9. The van der Waals surface area contributed by atoms with E-state index in [1.54, 1.807) is 14.2 Å². The summed E-state index contributed by atoms with van der Waals surface area (Å²) in [6, 6.07) is 21.4. The first kappa shape index (κ1) is 22.8. The van der Waals surface area contributed by atoms with E-state index in [4.69, 9.17) is 19.4 Å². The zero-order chi connectivity index (χ0) is 24.2. The number of nitrogens with zero attached hydrogens (tertiary/aromatic N) is 2. The van der Waals surface area contributed by atoms with E-state index in [0.717, 1.165) is 52.4 Å². The van der Waals surface area contributed by atoms with Gasteiger partial charge in [-0.15, -0.1) is 0 Å². The number of amides is 1. The van der Waals surface area contributed by atoms with Crippen molar-refractivity contribution in [1.82, 2.24) is 15.3 Å². The second kappa shape index (κ2) is 10.1. The SMILES string of the molecule is COc1ccc(-c2nc3ccc(C(=O)NC4CCCCC4)cc3nc2-c2ccc(OC)cc2)cc1. The summed E-state index contributed by atoms with van der Waals surface area (Å²) in [6.45, 7) is 0. The minimum atomic E-state index is -0.0502. The average Bonchev–Trinajstić information content (AvgIpc) is 2.92. The van der Waals surface area contributed by atoms with Gasteiger partial charge in [0.15, 0.2) is 0 Å². The third kappa shape index (κ3) is 4.97. The molecule has 1 saturated carbocycles. The fourth-order valence-corrected chi connectivity index (χ4v) is 4.61. The zero-order valence-corrected chi connectivity index (χ0v) is 20.1. The summed E-state index contributed by atoms with van der Waals surface area (Å²) in [5.74, 6) is 1.50. The van der Waals surface area contributed by atoms with Crippen LogP contribution in [0.15, 0.2) is 66.7 Å². The van der Waals surface area contributed by atoms with Gasteiger partial charge in [0.2, 0.25) is 0 Å². The number of hydrogen-bond donors (Lipinski definition) is 1. The van der Waals surface area contributed by atoms with E-state index < -0.39 is 0 Å². The summed E-state index contributed by atoms with van der Waals surface area (Å²) in [5.41, 5.74) is 5.40. The standard InChI is InChI=1S/C29H29N3O3/c1-34-23-13-8-19(9-14-23)27-28(20-10-15-24(35-2)16-11-20)32-26-18-21(12-17-25(26)31-27)29(33)30-22-6-4-3-5-7-22/h8-18,22H,3-7H2,1-2H3,(H,30,33). The highest BCUT2D eigenvalue weighted by molar-refractivity contribution is 5.98. The summed E-state index contributed by atoms with van der Waals surface area (Å²) < 4.78 is 10.6. The van der Waals surface area contributed by atoms with Crippen LogP contribution in [0.4, 0.5) is 0 Å². The van der Waals surface area contributed by atoms with E-state index in [-0.39, 0.29) is 11.9 Å². The Morgan fingerprint density at radius 1 is 0.743 bits per heavy atom. The van der Waals surface area contributed by atoms with Gasteiger partial charge in [-0.1, -0.05) is 19.3 Å². The Labute approximate surface area is 205 Å². The van der Waals surface area contributed by atoms with Crippen molar-refractivity contribution < 1.29 is 14.3 Å². The van der Waals surface area contributed by atoms with Gasteiger partial charge in [0, 0.05) is 22.7 Å². The van der Waals surface area contributed by atoms with Crippen LogP contribution in [0.1, 0.15) is 42.5 Å². The Bertz CT molecular complexity index is 1330. The average molecular weight is 468 g/mol. The lowest BCUT2D eigenvalue weighted by atomic mass is 9.95. The highest BCUT2D eigenvalue weighted by atomic mass is 16.5. The van der Waals surface area contributed by atoms with E-state index in [0.29, 0.717) is 11.1 Å². The lowest BCUT2D eigenvalue weighted by molar-refractivity contribution is 0.0928. The van der Waals surface area contributed by atoms with Crippen LogP contribution in [0.25, 0.3) is 33.5 Å². The molecule has 6 heteroatoms. The summed E-state index contributed by atoms with van der Waals surface area (Å²) in [6.07, 6.45) is 5.70. The van der Waals surface area contributed by atoms with Gasteiger partial charge in [0.1, 0.15) is 11.5 Å². The first-order valence-corrected chi connectivity index (χ1v) is 12.1. The topological polar surface area (TPSA) is 73.3 Å². The van der Waals surface area contributed by atoms with E-state index >= 15 is 0 Å². The zero-order valence-electron chi connectivity index (χ0n) is 20.1. The normalized spacial score (nSPS) is 14.0. The van der Waals surface area contributed by atoms with Crippen LogP contribution in [0.5, 0.6) is 11.5 Å². The van der Waals surface area contributed by atoms with Crippen molar-refractivity contribution in [2.75, 3.05) is 14.2 Å². The van der Waals surface area contributed by atoms with Gasteiger partial charge in [-0.2, -0.15) is 0 Å². The number of fused-ring (bicyclic) bond motifs is 1. The molecule has 4 aromatic rings. The number of nitrogens with one attached hydrogen (secondary N) is 1. The molecule has 0 saturated heterocycles. The van der Waals surface area contributed by atoms with Gasteiger partial charge in [-0.05, 0) is 79.6 Å². The minimum Gasteiger partial charge on any atom is -0.497 e. The molecule has 1 N–H and O–H groups in total. The monoisotopic (exact) mass is 467 g/mol. The molecular weight excluding hydrogens is 438 g/mol.